The van der Waals surface area contributed by atoms with E-state index in [1.54, 1.807) is 0 Å². The van der Waals surface area contributed by atoms with Gasteiger partial charge in [-0.1, -0.05) is 0 Å². The number of fused-ring (bicyclic) bond motifs is 1. The molecule has 1 fully saturated rings. The first-order valence-electron chi connectivity index (χ1n) is 7.36. The van der Waals surface area contributed by atoms with E-state index >= 15 is 0 Å². The average molecular weight is 261 g/mol. The highest BCUT2D eigenvalue weighted by atomic mass is 15.3. The molecule has 0 aliphatic carbocycles. The summed E-state index contributed by atoms with van der Waals surface area (Å²) in [5, 5.41) is 6.89. The van der Waals surface area contributed by atoms with Crippen molar-refractivity contribution in [1.29, 1.82) is 0 Å². The fourth-order valence-electron chi connectivity index (χ4n) is 2.78. The van der Waals surface area contributed by atoms with Crippen molar-refractivity contribution in [3.05, 3.63) is 11.3 Å². The Balaban J connectivity index is 1.97. The van der Waals surface area contributed by atoms with Crippen molar-refractivity contribution in [2.24, 2.45) is 0 Å². The lowest BCUT2D eigenvalue weighted by Gasteiger charge is -2.24. The van der Waals surface area contributed by atoms with Crippen LogP contribution in [0.25, 0.3) is 0 Å². The van der Waals surface area contributed by atoms with Gasteiger partial charge in [0.05, 0.1) is 5.69 Å². The SMILES string of the molecule is CC(C)Nc1nc(N2CCCC2)nc2c1CNCC2. The fraction of sp³-hybridized carbons (Fsp3) is 0.714. The highest BCUT2D eigenvalue weighted by Crippen LogP contribution is 2.25. The highest BCUT2D eigenvalue weighted by molar-refractivity contribution is 5.52. The van der Waals surface area contributed by atoms with Gasteiger partial charge in [0.2, 0.25) is 5.95 Å². The van der Waals surface area contributed by atoms with Crippen LogP contribution < -0.4 is 15.5 Å². The largest absolute Gasteiger partial charge is 0.367 e. The normalized spacial score (nSPS) is 18.8. The van der Waals surface area contributed by atoms with E-state index in [4.69, 9.17) is 9.97 Å². The molecule has 2 aliphatic rings. The minimum Gasteiger partial charge on any atom is -0.367 e. The first-order valence-corrected chi connectivity index (χ1v) is 7.36. The van der Waals surface area contributed by atoms with Gasteiger partial charge in [-0.3, -0.25) is 0 Å². The summed E-state index contributed by atoms with van der Waals surface area (Å²) in [5.41, 5.74) is 2.47. The van der Waals surface area contributed by atoms with Crippen molar-refractivity contribution in [1.82, 2.24) is 15.3 Å². The summed E-state index contributed by atoms with van der Waals surface area (Å²) < 4.78 is 0. The maximum Gasteiger partial charge on any atom is 0.227 e. The van der Waals surface area contributed by atoms with Crippen LogP contribution in [0.1, 0.15) is 37.9 Å². The Bertz CT molecular complexity index is 451. The Morgan fingerprint density at radius 3 is 2.74 bits per heavy atom. The average Bonchev–Trinajstić information content (AvgIpc) is 2.92. The molecule has 1 aromatic heterocycles. The Morgan fingerprint density at radius 1 is 1.21 bits per heavy atom. The summed E-state index contributed by atoms with van der Waals surface area (Å²) in [6, 6.07) is 0.396. The van der Waals surface area contributed by atoms with E-state index in [1.165, 1.54) is 24.1 Å². The summed E-state index contributed by atoms with van der Waals surface area (Å²) in [5.74, 6) is 1.94. The molecular weight excluding hydrogens is 238 g/mol. The van der Waals surface area contributed by atoms with Gasteiger partial charge in [0.1, 0.15) is 5.82 Å². The first-order chi connectivity index (χ1) is 9.24. The lowest BCUT2D eigenvalue weighted by molar-refractivity contribution is 0.624. The molecule has 0 saturated carbocycles. The topological polar surface area (TPSA) is 53.1 Å². The minimum atomic E-state index is 0.396. The third-order valence-electron chi connectivity index (χ3n) is 3.74. The van der Waals surface area contributed by atoms with E-state index in [2.05, 4.69) is 29.4 Å². The lowest BCUT2D eigenvalue weighted by atomic mass is 10.1. The molecule has 2 aliphatic heterocycles. The minimum absolute atomic E-state index is 0.396. The van der Waals surface area contributed by atoms with Gasteiger partial charge in [-0.25, -0.2) is 4.98 Å². The monoisotopic (exact) mass is 261 g/mol. The van der Waals surface area contributed by atoms with Crippen LogP contribution in [0.4, 0.5) is 11.8 Å². The molecular formula is C14H23N5. The summed E-state index contributed by atoms with van der Waals surface area (Å²) in [7, 11) is 0. The van der Waals surface area contributed by atoms with Gasteiger partial charge in [0.15, 0.2) is 0 Å². The predicted molar refractivity (Wildman–Crippen MR) is 77.6 cm³/mol. The first kappa shape index (κ1) is 12.7. The van der Waals surface area contributed by atoms with Gasteiger partial charge < -0.3 is 15.5 Å². The van der Waals surface area contributed by atoms with Crippen LogP contribution in [0, 0.1) is 0 Å². The van der Waals surface area contributed by atoms with Gasteiger partial charge in [-0.05, 0) is 26.7 Å². The van der Waals surface area contributed by atoms with E-state index in [0.717, 1.165) is 44.4 Å². The van der Waals surface area contributed by atoms with Crippen LogP contribution in [-0.4, -0.2) is 35.6 Å². The number of nitrogens with zero attached hydrogens (tertiary/aromatic N) is 3. The van der Waals surface area contributed by atoms with Gasteiger partial charge in [-0.15, -0.1) is 0 Å². The van der Waals surface area contributed by atoms with Crippen LogP contribution in [0.15, 0.2) is 0 Å². The van der Waals surface area contributed by atoms with Gasteiger partial charge in [0.25, 0.3) is 0 Å². The number of nitrogens with one attached hydrogen (secondary N) is 2. The third-order valence-corrected chi connectivity index (χ3v) is 3.74. The Morgan fingerprint density at radius 2 is 2.00 bits per heavy atom. The van der Waals surface area contributed by atoms with Crippen molar-refractivity contribution >= 4 is 11.8 Å². The zero-order chi connectivity index (χ0) is 13.2. The van der Waals surface area contributed by atoms with Crippen molar-refractivity contribution in [2.75, 3.05) is 29.9 Å². The van der Waals surface area contributed by atoms with Gasteiger partial charge in [-0.2, -0.15) is 4.98 Å². The van der Waals surface area contributed by atoms with E-state index in [0.29, 0.717) is 6.04 Å². The molecule has 104 valence electrons. The molecule has 1 aromatic rings. The van der Waals surface area contributed by atoms with Crippen LogP contribution >= 0.6 is 0 Å². The Hall–Kier alpha value is -1.36. The molecule has 3 heterocycles. The molecule has 0 radical (unpaired) electrons. The van der Waals surface area contributed by atoms with Crippen molar-refractivity contribution < 1.29 is 0 Å². The molecule has 0 amide bonds. The molecule has 1 saturated heterocycles. The fourth-order valence-corrected chi connectivity index (χ4v) is 2.78. The number of hydrogen-bond acceptors (Lipinski definition) is 5. The number of aromatic nitrogens is 2. The maximum absolute atomic E-state index is 4.80. The molecule has 0 unspecified atom stereocenters. The standard InChI is InChI=1S/C14H23N5/c1-10(2)16-13-11-9-15-6-5-12(11)17-14(18-13)19-7-3-4-8-19/h10,15H,3-9H2,1-2H3,(H,16,17,18). The number of hydrogen-bond donors (Lipinski definition) is 2. The van der Waals surface area contributed by atoms with Crippen LogP contribution in [0.2, 0.25) is 0 Å². The highest BCUT2D eigenvalue weighted by Gasteiger charge is 2.22. The summed E-state index contributed by atoms with van der Waals surface area (Å²) in [4.78, 5) is 11.9. The maximum atomic E-state index is 4.80. The van der Waals surface area contributed by atoms with Crippen molar-refractivity contribution in [3.63, 3.8) is 0 Å². The summed E-state index contributed by atoms with van der Waals surface area (Å²) >= 11 is 0. The molecule has 2 N–H and O–H groups in total. The predicted octanol–water partition coefficient (Wildman–Crippen LogP) is 1.54. The quantitative estimate of drug-likeness (QED) is 0.864. The third kappa shape index (κ3) is 2.66. The van der Waals surface area contributed by atoms with E-state index in [-0.39, 0.29) is 0 Å². The molecule has 0 atom stereocenters. The Kier molecular flexibility index (Phi) is 3.55. The zero-order valence-electron chi connectivity index (χ0n) is 11.9. The second-order valence-electron chi connectivity index (χ2n) is 5.72. The Labute approximate surface area is 114 Å². The molecule has 19 heavy (non-hydrogen) atoms. The number of anilines is 2. The molecule has 0 aromatic carbocycles. The van der Waals surface area contributed by atoms with E-state index in [9.17, 15) is 0 Å². The van der Waals surface area contributed by atoms with Gasteiger partial charge in [0, 0.05) is 44.2 Å². The van der Waals surface area contributed by atoms with Crippen molar-refractivity contribution in [2.45, 2.75) is 45.7 Å². The van der Waals surface area contributed by atoms with Crippen LogP contribution in [0.5, 0.6) is 0 Å². The van der Waals surface area contributed by atoms with E-state index < -0.39 is 0 Å². The summed E-state index contributed by atoms with van der Waals surface area (Å²) in [6.07, 6.45) is 3.52. The second-order valence-corrected chi connectivity index (χ2v) is 5.72. The van der Waals surface area contributed by atoms with Crippen molar-refractivity contribution in [3.8, 4) is 0 Å². The van der Waals surface area contributed by atoms with Crippen LogP contribution in [-0.2, 0) is 13.0 Å². The molecule has 3 rings (SSSR count). The molecule has 5 heteroatoms. The van der Waals surface area contributed by atoms with Crippen LogP contribution in [0.3, 0.4) is 0 Å². The molecule has 0 spiro atoms. The smallest absolute Gasteiger partial charge is 0.227 e. The van der Waals surface area contributed by atoms with Gasteiger partial charge >= 0.3 is 0 Å². The lowest BCUT2D eigenvalue weighted by Crippen LogP contribution is -2.29. The second kappa shape index (κ2) is 5.33. The number of rotatable bonds is 3. The summed E-state index contributed by atoms with van der Waals surface area (Å²) in [6.45, 7) is 8.39. The molecule has 5 nitrogen and oxygen atoms in total. The van der Waals surface area contributed by atoms with E-state index in [1.807, 2.05) is 0 Å². The zero-order valence-corrected chi connectivity index (χ0v) is 11.9. The molecule has 0 bridgehead atoms.